The Kier molecular flexibility index (Phi) is 3.74. The monoisotopic (exact) mass is 274 g/mol. The number of rotatable bonds is 2. The van der Waals surface area contributed by atoms with Crippen molar-refractivity contribution in [1.29, 1.82) is 0 Å². The maximum absolute atomic E-state index is 10.3. The van der Waals surface area contributed by atoms with E-state index in [2.05, 4.69) is 47.1 Å². The molecule has 2 fully saturated rings. The van der Waals surface area contributed by atoms with E-state index in [-0.39, 0.29) is 0 Å². The lowest BCUT2D eigenvalue weighted by Gasteiger charge is -2.38. The summed E-state index contributed by atoms with van der Waals surface area (Å²) in [6.07, 6.45) is 2.41. The van der Waals surface area contributed by atoms with Gasteiger partial charge >= 0.3 is 0 Å². The number of benzene rings is 1. The summed E-state index contributed by atoms with van der Waals surface area (Å²) in [5, 5.41) is 10.3. The van der Waals surface area contributed by atoms with Crippen molar-refractivity contribution in [2.24, 2.45) is 5.92 Å². The van der Waals surface area contributed by atoms with Crippen LogP contribution in [0.15, 0.2) is 30.3 Å². The minimum atomic E-state index is -0.503. The van der Waals surface area contributed by atoms with Gasteiger partial charge in [-0.3, -0.25) is 4.90 Å². The Labute approximate surface area is 122 Å². The van der Waals surface area contributed by atoms with Crippen LogP contribution in [0, 0.1) is 5.92 Å². The highest BCUT2D eigenvalue weighted by Gasteiger charge is 2.41. The predicted molar refractivity (Wildman–Crippen MR) is 83.0 cm³/mol. The molecule has 2 saturated heterocycles. The third-order valence-electron chi connectivity index (χ3n) is 5.20. The van der Waals surface area contributed by atoms with E-state index < -0.39 is 5.60 Å². The minimum Gasteiger partial charge on any atom is -0.389 e. The van der Waals surface area contributed by atoms with Gasteiger partial charge in [-0.15, -0.1) is 0 Å². The van der Waals surface area contributed by atoms with E-state index in [9.17, 15) is 5.11 Å². The van der Waals surface area contributed by atoms with Gasteiger partial charge in [0.25, 0.3) is 0 Å². The smallest absolute Gasteiger partial charge is 0.0783 e. The van der Waals surface area contributed by atoms with E-state index in [0.717, 1.165) is 26.2 Å². The van der Waals surface area contributed by atoms with Crippen molar-refractivity contribution in [2.75, 3.05) is 31.1 Å². The fourth-order valence-electron chi connectivity index (χ4n) is 3.59. The highest BCUT2D eigenvalue weighted by atomic mass is 16.3. The molecule has 110 valence electrons. The maximum atomic E-state index is 10.3. The Bertz CT molecular complexity index is 438. The first-order valence-electron chi connectivity index (χ1n) is 7.83. The first-order chi connectivity index (χ1) is 9.56. The van der Waals surface area contributed by atoms with E-state index in [0.29, 0.717) is 12.0 Å². The van der Waals surface area contributed by atoms with E-state index >= 15 is 0 Å². The Balaban J connectivity index is 1.57. The molecule has 0 spiro atoms. The quantitative estimate of drug-likeness (QED) is 0.897. The lowest BCUT2D eigenvalue weighted by Crippen LogP contribution is -2.45. The molecule has 0 amide bonds. The molecule has 0 bridgehead atoms. The summed E-state index contributed by atoms with van der Waals surface area (Å²) in [5.41, 5.74) is 0.837. The molecule has 2 heterocycles. The molecule has 0 saturated carbocycles. The number of likely N-dealkylation sites (tertiary alicyclic amines) is 1. The first kappa shape index (κ1) is 13.9. The van der Waals surface area contributed by atoms with Crippen LogP contribution >= 0.6 is 0 Å². The topological polar surface area (TPSA) is 26.7 Å². The lowest BCUT2D eigenvalue weighted by molar-refractivity contribution is 0.0327. The van der Waals surface area contributed by atoms with Gasteiger partial charge in [-0.25, -0.2) is 0 Å². The summed E-state index contributed by atoms with van der Waals surface area (Å²) in [5.74, 6) is 0.384. The number of β-amino-alcohol motifs (C(OH)–C–C–N with tert-alkyl or cyclic N) is 1. The summed E-state index contributed by atoms with van der Waals surface area (Å²) < 4.78 is 0. The van der Waals surface area contributed by atoms with Crippen molar-refractivity contribution in [3.63, 3.8) is 0 Å². The van der Waals surface area contributed by atoms with Gasteiger partial charge in [0.05, 0.1) is 5.60 Å². The number of hydrogen-bond acceptors (Lipinski definition) is 3. The Morgan fingerprint density at radius 3 is 2.35 bits per heavy atom. The van der Waals surface area contributed by atoms with Gasteiger partial charge in [0.1, 0.15) is 0 Å². The number of para-hydroxylation sites is 1. The van der Waals surface area contributed by atoms with Crippen molar-refractivity contribution in [1.82, 2.24) is 4.90 Å². The summed E-state index contributed by atoms with van der Waals surface area (Å²) in [6, 6.07) is 11.3. The van der Waals surface area contributed by atoms with Crippen molar-refractivity contribution in [3.05, 3.63) is 30.3 Å². The zero-order chi connectivity index (χ0) is 14.2. The largest absolute Gasteiger partial charge is 0.389 e. The SMILES string of the molecule is C[C@@H]1CN(C2CCN(c3ccccc3)CC2)C[C@]1(C)O. The fourth-order valence-corrected chi connectivity index (χ4v) is 3.59. The molecular weight excluding hydrogens is 248 g/mol. The van der Waals surface area contributed by atoms with Crippen LogP contribution in [-0.4, -0.2) is 47.8 Å². The fraction of sp³-hybridized carbons (Fsp3) is 0.647. The van der Waals surface area contributed by atoms with Crippen LogP contribution in [0.4, 0.5) is 5.69 Å². The second-order valence-corrected chi connectivity index (χ2v) is 6.74. The van der Waals surface area contributed by atoms with Crippen molar-refractivity contribution < 1.29 is 5.11 Å². The van der Waals surface area contributed by atoms with Gasteiger partial charge in [0.15, 0.2) is 0 Å². The molecule has 1 aromatic rings. The van der Waals surface area contributed by atoms with Crippen LogP contribution in [-0.2, 0) is 0 Å². The molecule has 0 aliphatic carbocycles. The van der Waals surface area contributed by atoms with Crippen molar-refractivity contribution in [3.8, 4) is 0 Å². The molecule has 1 aromatic carbocycles. The minimum absolute atomic E-state index is 0.384. The van der Waals surface area contributed by atoms with Crippen molar-refractivity contribution in [2.45, 2.75) is 38.3 Å². The molecule has 2 aliphatic heterocycles. The van der Waals surface area contributed by atoms with Crippen LogP contribution in [0.5, 0.6) is 0 Å². The Hall–Kier alpha value is -1.06. The van der Waals surface area contributed by atoms with Gasteiger partial charge < -0.3 is 10.0 Å². The third kappa shape index (κ3) is 2.70. The summed E-state index contributed by atoms with van der Waals surface area (Å²) in [6.45, 7) is 8.28. The number of anilines is 1. The third-order valence-corrected chi connectivity index (χ3v) is 5.20. The standard InChI is InChI=1S/C17H26N2O/c1-14-12-19(13-17(14,2)20)16-8-10-18(11-9-16)15-6-4-3-5-7-15/h3-7,14,16,20H,8-13H2,1-2H3/t14-,17+/m1/s1. The normalized spacial score (nSPS) is 32.8. The molecule has 2 atom stereocenters. The van der Waals surface area contributed by atoms with Crippen LogP contribution in [0.1, 0.15) is 26.7 Å². The Morgan fingerprint density at radius 1 is 1.15 bits per heavy atom. The number of piperidine rings is 1. The number of nitrogens with zero attached hydrogens (tertiary/aromatic N) is 2. The molecule has 1 N–H and O–H groups in total. The molecule has 3 rings (SSSR count). The van der Waals surface area contributed by atoms with Crippen LogP contribution in [0.2, 0.25) is 0 Å². The first-order valence-corrected chi connectivity index (χ1v) is 7.83. The van der Waals surface area contributed by atoms with Gasteiger partial charge in [-0.1, -0.05) is 25.1 Å². The molecule has 2 aliphatic rings. The highest BCUT2D eigenvalue weighted by Crippen LogP contribution is 2.31. The van der Waals surface area contributed by atoms with Crippen LogP contribution < -0.4 is 4.90 Å². The van der Waals surface area contributed by atoms with E-state index in [4.69, 9.17) is 0 Å². The lowest BCUT2D eigenvalue weighted by atomic mass is 9.95. The summed E-state index contributed by atoms with van der Waals surface area (Å²) >= 11 is 0. The molecule has 20 heavy (non-hydrogen) atoms. The van der Waals surface area contributed by atoms with E-state index in [1.54, 1.807) is 0 Å². The Morgan fingerprint density at radius 2 is 1.80 bits per heavy atom. The highest BCUT2D eigenvalue weighted by molar-refractivity contribution is 5.46. The molecule has 3 heteroatoms. The van der Waals surface area contributed by atoms with Gasteiger partial charge in [-0.05, 0) is 37.8 Å². The zero-order valence-electron chi connectivity index (χ0n) is 12.6. The zero-order valence-corrected chi connectivity index (χ0v) is 12.6. The van der Waals surface area contributed by atoms with E-state index in [1.165, 1.54) is 18.5 Å². The maximum Gasteiger partial charge on any atom is 0.0783 e. The number of aliphatic hydroxyl groups is 1. The van der Waals surface area contributed by atoms with Crippen LogP contribution in [0.25, 0.3) is 0 Å². The molecule has 3 nitrogen and oxygen atoms in total. The van der Waals surface area contributed by atoms with E-state index in [1.807, 2.05) is 6.92 Å². The van der Waals surface area contributed by atoms with Crippen LogP contribution in [0.3, 0.4) is 0 Å². The summed E-state index contributed by atoms with van der Waals surface area (Å²) in [4.78, 5) is 4.99. The van der Waals surface area contributed by atoms with Gasteiger partial charge in [-0.2, -0.15) is 0 Å². The van der Waals surface area contributed by atoms with Gasteiger partial charge in [0.2, 0.25) is 0 Å². The average Bonchev–Trinajstić information content (AvgIpc) is 2.74. The second-order valence-electron chi connectivity index (χ2n) is 6.74. The number of hydrogen-bond donors (Lipinski definition) is 1. The molecule has 0 radical (unpaired) electrons. The van der Waals surface area contributed by atoms with Gasteiger partial charge in [0, 0.05) is 37.9 Å². The van der Waals surface area contributed by atoms with Crippen molar-refractivity contribution >= 4 is 5.69 Å². The summed E-state index contributed by atoms with van der Waals surface area (Å²) in [7, 11) is 0. The average molecular weight is 274 g/mol. The molecule has 0 unspecified atom stereocenters. The molecule has 0 aromatic heterocycles. The second kappa shape index (κ2) is 5.38. The predicted octanol–water partition coefficient (Wildman–Crippen LogP) is 2.36. The molecular formula is C17H26N2O.